The lowest BCUT2D eigenvalue weighted by molar-refractivity contribution is 0.113. The highest BCUT2D eigenvalue weighted by molar-refractivity contribution is 5.49. The van der Waals surface area contributed by atoms with E-state index >= 15 is 0 Å². The quantitative estimate of drug-likeness (QED) is 0.595. The SMILES string of the molecule is CC1=CC(C)N2C(C)c3ccccc3C12C. The minimum atomic E-state index is 0.134. The van der Waals surface area contributed by atoms with Crippen LogP contribution in [0.3, 0.4) is 0 Å². The molecule has 3 atom stereocenters. The first-order chi connectivity index (χ1) is 7.56. The van der Waals surface area contributed by atoms with E-state index in [-0.39, 0.29) is 5.54 Å². The predicted molar refractivity (Wildman–Crippen MR) is 67.3 cm³/mol. The average molecular weight is 213 g/mol. The van der Waals surface area contributed by atoms with E-state index in [1.54, 1.807) is 0 Å². The zero-order chi connectivity index (χ0) is 11.5. The van der Waals surface area contributed by atoms with Crippen LogP contribution in [0.1, 0.15) is 44.9 Å². The summed E-state index contributed by atoms with van der Waals surface area (Å²) in [5.41, 5.74) is 4.64. The van der Waals surface area contributed by atoms with E-state index in [4.69, 9.17) is 0 Å². The van der Waals surface area contributed by atoms with Gasteiger partial charge in [0.1, 0.15) is 0 Å². The minimum Gasteiger partial charge on any atom is -0.277 e. The molecule has 0 amide bonds. The molecule has 0 aromatic heterocycles. The van der Waals surface area contributed by atoms with Crippen molar-refractivity contribution in [3.8, 4) is 0 Å². The fourth-order valence-corrected chi connectivity index (χ4v) is 3.76. The summed E-state index contributed by atoms with van der Waals surface area (Å²) in [6, 6.07) is 9.98. The predicted octanol–water partition coefficient (Wildman–Crippen LogP) is 3.63. The second-order valence-electron chi connectivity index (χ2n) is 5.33. The second kappa shape index (κ2) is 2.98. The van der Waals surface area contributed by atoms with E-state index in [1.807, 2.05) is 0 Å². The molecule has 0 fully saturated rings. The molecule has 3 unspecified atom stereocenters. The molecule has 2 aliphatic rings. The van der Waals surface area contributed by atoms with E-state index in [0.717, 1.165) is 0 Å². The molecule has 16 heavy (non-hydrogen) atoms. The van der Waals surface area contributed by atoms with Gasteiger partial charge in [-0.15, -0.1) is 0 Å². The third-order valence-corrected chi connectivity index (χ3v) is 4.57. The van der Waals surface area contributed by atoms with Crippen molar-refractivity contribution in [3.05, 3.63) is 47.0 Å². The van der Waals surface area contributed by atoms with E-state index in [9.17, 15) is 0 Å². The van der Waals surface area contributed by atoms with Crippen molar-refractivity contribution >= 4 is 0 Å². The molecule has 0 saturated heterocycles. The summed E-state index contributed by atoms with van der Waals surface area (Å²) in [5.74, 6) is 0. The lowest BCUT2D eigenvalue weighted by Gasteiger charge is -2.36. The second-order valence-corrected chi connectivity index (χ2v) is 5.33. The van der Waals surface area contributed by atoms with Crippen molar-refractivity contribution in [2.24, 2.45) is 0 Å². The Morgan fingerprint density at radius 2 is 1.88 bits per heavy atom. The normalized spacial score (nSPS) is 37.1. The Labute approximate surface area is 97.8 Å². The van der Waals surface area contributed by atoms with Gasteiger partial charge in [-0.05, 0) is 38.8 Å². The summed E-state index contributed by atoms with van der Waals surface area (Å²) in [4.78, 5) is 2.63. The lowest BCUT2D eigenvalue weighted by atomic mass is 9.87. The zero-order valence-electron chi connectivity index (χ0n) is 10.5. The van der Waals surface area contributed by atoms with Gasteiger partial charge in [-0.2, -0.15) is 0 Å². The van der Waals surface area contributed by atoms with Gasteiger partial charge in [0, 0.05) is 12.1 Å². The third kappa shape index (κ3) is 0.952. The Morgan fingerprint density at radius 1 is 1.19 bits per heavy atom. The van der Waals surface area contributed by atoms with Gasteiger partial charge in [0.15, 0.2) is 0 Å². The third-order valence-electron chi connectivity index (χ3n) is 4.57. The number of benzene rings is 1. The Hall–Kier alpha value is -1.08. The molecule has 0 saturated carbocycles. The molecule has 0 radical (unpaired) electrons. The molecule has 2 heterocycles. The standard InChI is InChI=1S/C15H19N/c1-10-9-11(2)16-12(3)13-7-5-6-8-14(13)15(10,16)4/h5-9,11-12H,1-4H3. The first-order valence-electron chi connectivity index (χ1n) is 6.13. The first-order valence-corrected chi connectivity index (χ1v) is 6.13. The Bertz CT molecular complexity index is 474. The van der Waals surface area contributed by atoms with Crippen molar-refractivity contribution in [2.75, 3.05) is 0 Å². The van der Waals surface area contributed by atoms with Crippen molar-refractivity contribution in [1.82, 2.24) is 4.90 Å². The van der Waals surface area contributed by atoms with Crippen LogP contribution in [0, 0.1) is 0 Å². The maximum absolute atomic E-state index is 2.63. The topological polar surface area (TPSA) is 3.24 Å². The number of nitrogens with zero attached hydrogens (tertiary/aromatic N) is 1. The van der Waals surface area contributed by atoms with E-state index < -0.39 is 0 Å². The zero-order valence-corrected chi connectivity index (χ0v) is 10.5. The van der Waals surface area contributed by atoms with Gasteiger partial charge >= 0.3 is 0 Å². The fourth-order valence-electron chi connectivity index (χ4n) is 3.76. The average Bonchev–Trinajstić information content (AvgIpc) is 2.63. The highest BCUT2D eigenvalue weighted by atomic mass is 15.3. The Morgan fingerprint density at radius 3 is 2.62 bits per heavy atom. The molecule has 0 N–H and O–H groups in total. The van der Waals surface area contributed by atoms with Gasteiger partial charge < -0.3 is 0 Å². The summed E-state index contributed by atoms with van der Waals surface area (Å²) in [6.07, 6.45) is 2.41. The molecular formula is C15H19N. The van der Waals surface area contributed by atoms with Crippen LogP contribution in [-0.4, -0.2) is 10.9 Å². The summed E-state index contributed by atoms with van der Waals surface area (Å²) in [7, 11) is 0. The van der Waals surface area contributed by atoms with Crippen LogP contribution in [-0.2, 0) is 5.54 Å². The van der Waals surface area contributed by atoms with Gasteiger partial charge in [0.2, 0.25) is 0 Å². The van der Waals surface area contributed by atoms with Gasteiger partial charge in [-0.1, -0.05) is 35.9 Å². The highest BCUT2D eigenvalue weighted by Gasteiger charge is 2.50. The maximum Gasteiger partial charge on any atom is 0.0657 e. The minimum absolute atomic E-state index is 0.134. The number of hydrogen-bond acceptors (Lipinski definition) is 1. The molecule has 2 aliphatic heterocycles. The lowest BCUT2D eigenvalue weighted by Crippen LogP contribution is -2.39. The van der Waals surface area contributed by atoms with Crippen LogP contribution >= 0.6 is 0 Å². The summed E-state index contributed by atoms with van der Waals surface area (Å²) in [5, 5.41) is 0. The van der Waals surface area contributed by atoms with Crippen LogP contribution in [0.5, 0.6) is 0 Å². The van der Waals surface area contributed by atoms with Crippen molar-refractivity contribution in [1.29, 1.82) is 0 Å². The van der Waals surface area contributed by atoms with Gasteiger partial charge in [0.25, 0.3) is 0 Å². The van der Waals surface area contributed by atoms with E-state index in [0.29, 0.717) is 12.1 Å². The summed E-state index contributed by atoms with van der Waals surface area (Å²) >= 11 is 0. The van der Waals surface area contributed by atoms with Gasteiger partial charge in [0.05, 0.1) is 5.54 Å². The monoisotopic (exact) mass is 213 g/mol. The number of fused-ring (bicyclic) bond motifs is 3. The molecule has 1 aromatic rings. The smallest absolute Gasteiger partial charge is 0.0657 e. The molecule has 1 heteroatoms. The number of rotatable bonds is 0. The fraction of sp³-hybridized carbons (Fsp3) is 0.467. The highest BCUT2D eigenvalue weighted by Crippen LogP contribution is 2.54. The maximum atomic E-state index is 2.63. The first kappa shape index (κ1) is 10.1. The molecule has 84 valence electrons. The largest absolute Gasteiger partial charge is 0.277 e. The molecule has 0 aliphatic carbocycles. The summed E-state index contributed by atoms with van der Waals surface area (Å²) < 4.78 is 0. The van der Waals surface area contributed by atoms with Crippen LogP contribution < -0.4 is 0 Å². The van der Waals surface area contributed by atoms with Crippen LogP contribution in [0.4, 0.5) is 0 Å². The molecule has 3 rings (SSSR count). The summed E-state index contributed by atoms with van der Waals surface area (Å²) in [6.45, 7) is 9.26. The Kier molecular flexibility index (Phi) is 1.88. The van der Waals surface area contributed by atoms with E-state index in [1.165, 1.54) is 16.7 Å². The van der Waals surface area contributed by atoms with Gasteiger partial charge in [-0.3, -0.25) is 4.90 Å². The van der Waals surface area contributed by atoms with Crippen LogP contribution in [0.2, 0.25) is 0 Å². The number of hydrogen-bond donors (Lipinski definition) is 0. The van der Waals surface area contributed by atoms with Crippen LogP contribution in [0.25, 0.3) is 0 Å². The van der Waals surface area contributed by atoms with Gasteiger partial charge in [-0.25, -0.2) is 0 Å². The van der Waals surface area contributed by atoms with Crippen LogP contribution in [0.15, 0.2) is 35.9 Å². The molecule has 1 aromatic carbocycles. The molecule has 0 bridgehead atoms. The van der Waals surface area contributed by atoms with E-state index in [2.05, 4.69) is 62.9 Å². The molecule has 0 spiro atoms. The van der Waals surface area contributed by atoms with Crippen molar-refractivity contribution in [2.45, 2.75) is 45.3 Å². The van der Waals surface area contributed by atoms with Crippen molar-refractivity contribution in [3.63, 3.8) is 0 Å². The Balaban J connectivity index is 2.26. The molecule has 1 nitrogen and oxygen atoms in total. The van der Waals surface area contributed by atoms with Crippen molar-refractivity contribution < 1.29 is 0 Å². The molecular weight excluding hydrogens is 194 g/mol.